The molecule has 7 nitrogen and oxygen atoms in total. The maximum atomic E-state index is 11.2. The lowest BCUT2D eigenvalue weighted by molar-refractivity contribution is 0.177. The molecule has 0 aliphatic rings. The van der Waals surface area contributed by atoms with Crippen LogP contribution < -0.4 is 9.47 Å². The summed E-state index contributed by atoms with van der Waals surface area (Å²) >= 11 is 18.7. The highest BCUT2D eigenvalue weighted by Crippen LogP contribution is 2.45. The van der Waals surface area contributed by atoms with Crippen molar-refractivity contribution in [2.24, 2.45) is 0 Å². The zero-order valence-electron chi connectivity index (χ0n) is 21.0. The molecule has 0 saturated carbocycles. The number of hydrogen-bond acceptors (Lipinski definition) is 5. The summed E-state index contributed by atoms with van der Waals surface area (Å²) in [4.78, 5) is 7.34. The summed E-state index contributed by atoms with van der Waals surface area (Å²) < 4.78 is 12.9. The molecular weight excluding hydrogens is 582 g/mol. The molecule has 12 heteroatoms. The smallest absolute Gasteiger partial charge is 0.221 e. The van der Waals surface area contributed by atoms with Gasteiger partial charge in [-0.15, -0.1) is 24.8 Å². The number of aliphatic hydroxyl groups excluding tert-OH is 1. The van der Waals surface area contributed by atoms with Gasteiger partial charge in [0, 0.05) is 18.7 Å². The lowest BCUT2D eigenvalue weighted by Gasteiger charge is -2.20. The molecule has 1 unspecified atom stereocenters. The summed E-state index contributed by atoms with van der Waals surface area (Å²) in [6.45, 7) is 7.76. The maximum absolute atomic E-state index is 11.2. The van der Waals surface area contributed by atoms with Crippen molar-refractivity contribution in [3.63, 3.8) is 0 Å². The molecule has 2 aromatic heterocycles. The van der Waals surface area contributed by atoms with Crippen molar-refractivity contribution in [3.05, 3.63) is 48.2 Å². The van der Waals surface area contributed by atoms with E-state index in [2.05, 4.69) is 23.3 Å². The molecule has 37 heavy (non-hydrogen) atoms. The molecule has 0 aliphatic heterocycles. The van der Waals surface area contributed by atoms with Gasteiger partial charge in [-0.3, -0.25) is 4.40 Å². The average Bonchev–Trinajstić information content (AvgIpc) is 3.38. The van der Waals surface area contributed by atoms with Crippen LogP contribution in [0.4, 0.5) is 0 Å². The highest BCUT2D eigenvalue weighted by Gasteiger charge is 2.38. The molecule has 0 saturated heterocycles. The second kappa shape index (κ2) is 13.0. The molecule has 0 amide bonds. The molecule has 0 aliphatic carbocycles. The standard InChI is InChI=1S/C25H29Cl3N4O3.2ClH/c1-5-30(6-2)13-14-31-17-9-7-8-10-18(17)32-22(23(33)25(26,27)28)21(29-24(31)32)16-11-12-19(34-3)20(15-16)35-4;;/h7-12,15,23,33H,5-6,13-14H2,1-4H3;2*1H. The third-order valence-electron chi connectivity index (χ3n) is 6.31. The van der Waals surface area contributed by atoms with Crippen molar-refractivity contribution < 1.29 is 14.6 Å². The fourth-order valence-electron chi connectivity index (χ4n) is 4.43. The Morgan fingerprint density at radius 3 is 2.16 bits per heavy atom. The number of hydrogen-bond donors (Lipinski definition) is 1. The van der Waals surface area contributed by atoms with Gasteiger partial charge in [-0.1, -0.05) is 60.8 Å². The van der Waals surface area contributed by atoms with Crippen LogP contribution in [0.2, 0.25) is 0 Å². The number of alkyl halides is 3. The molecule has 2 heterocycles. The van der Waals surface area contributed by atoms with Gasteiger partial charge >= 0.3 is 0 Å². The maximum Gasteiger partial charge on any atom is 0.221 e. The largest absolute Gasteiger partial charge is 0.493 e. The summed E-state index contributed by atoms with van der Waals surface area (Å²) in [5, 5.41) is 11.2. The van der Waals surface area contributed by atoms with Gasteiger partial charge < -0.3 is 24.0 Å². The van der Waals surface area contributed by atoms with E-state index in [4.69, 9.17) is 49.3 Å². The number of imidazole rings is 2. The Hall–Kier alpha value is -1.58. The lowest BCUT2D eigenvalue weighted by atomic mass is 10.1. The van der Waals surface area contributed by atoms with Crippen LogP contribution in [-0.2, 0) is 6.54 Å². The van der Waals surface area contributed by atoms with Crippen LogP contribution in [-0.4, -0.2) is 61.6 Å². The number of fused-ring (bicyclic) bond motifs is 3. The molecule has 1 N–H and O–H groups in total. The number of halogens is 5. The molecule has 0 radical (unpaired) electrons. The topological polar surface area (TPSA) is 64.2 Å². The normalized spacial score (nSPS) is 12.5. The number of likely N-dealkylation sites (N-methyl/N-ethyl adjacent to an activating group) is 1. The van der Waals surface area contributed by atoms with E-state index in [0.29, 0.717) is 40.8 Å². The summed E-state index contributed by atoms with van der Waals surface area (Å²) in [7, 11) is 3.14. The van der Waals surface area contributed by atoms with Crippen molar-refractivity contribution in [3.8, 4) is 22.8 Å². The minimum absolute atomic E-state index is 0. The minimum Gasteiger partial charge on any atom is -0.493 e. The summed E-state index contributed by atoms with van der Waals surface area (Å²) in [6.07, 6.45) is -1.44. The Kier molecular flexibility index (Phi) is 11.1. The molecule has 4 rings (SSSR count). The van der Waals surface area contributed by atoms with Gasteiger partial charge in [0.25, 0.3) is 0 Å². The molecule has 2 aromatic carbocycles. The van der Waals surface area contributed by atoms with Crippen molar-refractivity contribution in [1.29, 1.82) is 0 Å². The Bertz CT molecular complexity index is 1330. The highest BCUT2D eigenvalue weighted by molar-refractivity contribution is 6.68. The van der Waals surface area contributed by atoms with E-state index in [1.807, 2.05) is 34.7 Å². The first-order valence-corrected chi connectivity index (χ1v) is 12.6. The van der Waals surface area contributed by atoms with Crippen LogP contribution in [0.15, 0.2) is 42.5 Å². The average molecular weight is 613 g/mol. The van der Waals surface area contributed by atoms with Gasteiger partial charge in [-0.25, -0.2) is 4.98 Å². The first kappa shape index (κ1) is 31.6. The number of nitrogens with zero attached hydrogens (tertiary/aromatic N) is 4. The van der Waals surface area contributed by atoms with Gasteiger partial charge in [0.2, 0.25) is 9.57 Å². The summed E-state index contributed by atoms with van der Waals surface area (Å²) in [5.41, 5.74) is 3.45. The monoisotopic (exact) mass is 610 g/mol. The summed E-state index contributed by atoms with van der Waals surface area (Å²) in [6, 6.07) is 13.4. The van der Waals surface area contributed by atoms with E-state index in [0.717, 1.165) is 30.7 Å². The van der Waals surface area contributed by atoms with E-state index >= 15 is 0 Å². The van der Waals surface area contributed by atoms with Crippen molar-refractivity contribution in [1.82, 2.24) is 18.9 Å². The number of benzene rings is 2. The Morgan fingerprint density at radius 1 is 0.973 bits per heavy atom. The Balaban J connectivity index is 0.00000241. The number of aromatic nitrogens is 3. The highest BCUT2D eigenvalue weighted by atomic mass is 35.6. The number of methoxy groups -OCH3 is 2. The van der Waals surface area contributed by atoms with Crippen molar-refractivity contribution >= 4 is 76.4 Å². The third-order valence-corrected chi connectivity index (χ3v) is 6.93. The molecule has 0 fully saturated rings. The lowest BCUT2D eigenvalue weighted by Crippen LogP contribution is -2.27. The van der Waals surface area contributed by atoms with Gasteiger partial charge in [0.15, 0.2) is 11.5 Å². The number of aliphatic hydroxyl groups is 1. The summed E-state index contributed by atoms with van der Waals surface area (Å²) in [5.74, 6) is 1.77. The first-order chi connectivity index (χ1) is 16.7. The SMILES string of the molecule is CCN(CC)CCn1c2ccccc2n2c(C(O)C(Cl)(Cl)Cl)c(-c3ccc(OC)c(OC)c3)nc12.Cl.Cl. The fourth-order valence-corrected chi connectivity index (χ4v) is 4.74. The molecule has 0 bridgehead atoms. The predicted molar refractivity (Wildman–Crippen MR) is 157 cm³/mol. The van der Waals surface area contributed by atoms with Crippen LogP contribution in [0.5, 0.6) is 11.5 Å². The predicted octanol–water partition coefficient (Wildman–Crippen LogP) is 6.56. The molecule has 204 valence electrons. The van der Waals surface area contributed by atoms with Gasteiger partial charge in [-0.2, -0.15) is 0 Å². The second-order valence-corrected chi connectivity index (χ2v) is 10.5. The molecular formula is C25H31Cl5N4O3. The Labute approximate surface area is 244 Å². The number of para-hydroxylation sites is 2. The van der Waals surface area contributed by atoms with E-state index in [1.54, 1.807) is 26.4 Å². The number of ether oxygens (including phenoxy) is 2. The minimum atomic E-state index is -1.97. The molecule has 1 atom stereocenters. The van der Waals surface area contributed by atoms with E-state index in [9.17, 15) is 5.11 Å². The quantitative estimate of drug-likeness (QED) is 0.217. The zero-order valence-corrected chi connectivity index (χ0v) is 24.9. The first-order valence-electron chi connectivity index (χ1n) is 11.4. The van der Waals surface area contributed by atoms with E-state index < -0.39 is 9.90 Å². The van der Waals surface area contributed by atoms with Crippen LogP contribution in [0, 0.1) is 0 Å². The van der Waals surface area contributed by atoms with Gasteiger partial charge in [-0.05, 0) is 43.4 Å². The molecule has 0 spiro atoms. The van der Waals surface area contributed by atoms with Crippen LogP contribution in [0.1, 0.15) is 25.6 Å². The Morgan fingerprint density at radius 2 is 1.59 bits per heavy atom. The van der Waals surface area contributed by atoms with E-state index in [1.165, 1.54) is 0 Å². The van der Waals surface area contributed by atoms with Gasteiger partial charge in [0.05, 0.1) is 36.6 Å². The van der Waals surface area contributed by atoms with E-state index in [-0.39, 0.29) is 24.8 Å². The fraction of sp³-hybridized carbons (Fsp3) is 0.400. The van der Waals surface area contributed by atoms with Crippen LogP contribution >= 0.6 is 59.6 Å². The van der Waals surface area contributed by atoms with Crippen LogP contribution in [0.25, 0.3) is 28.1 Å². The second-order valence-electron chi connectivity index (χ2n) is 8.16. The van der Waals surface area contributed by atoms with Gasteiger partial charge in [0.1, 0.15) is 6.10 Å². The molecule has 4 aromatic rings. The third kappa shape index (κ3) is 6.04. The number of rotatable bonds is 9. The zero-order chi connectivity index (χ0) is 25.3. The van der Waals surface area contributed by atoms with Crippen molar-refractivity contribution in [2.45, 2.75) is 30.3 Å². The van der Waals surface area contributed by atoms with Crippen LogP contribution in [0.3, 0.4) is 0 Å². The van der Waals surface area contributed by atoms with Crippen molar-refractivity contribution in [2.75, 3.05) is 33.9 Å².